The molecule has 2 saturated heterocycles. The first kappa shape index (κ1) is 29.6. The summed E-state index contributed by atoms with van der Waals surface area (Å²) < 4.78 is 48.5. The van der Waals surface area contributed by atoms with Crippen molar-refractivity contribution in [1.29, 1.82) is 0 Å². The molecule has 0 spiro atoms. The van der Waals surface area contributed by atoms with Gasteiger partial charge in [0.2, 0.25) is 0 Å². The van der Waals surface area contributed by atoms with Crippen LogP contribution >= 0.6 is 28.3 Å². The van der Waals surface area contributed by atoms with Gasteiger partial charge in [-0.1, -0.05) is 0 Å². The molecule has 1 aromatic rings. The second-order valence-corrected chi connectivity index (χ2v) is 11.3. The van der Waals surface area contributed by atoms with Gasteiger partial charge in [0.25, 0.3) is 5.56 Å². The van der Waals surface area contributed by atoms with Gasteiger partial charge in [-0.15, -0.1) is 0 Å². The van der Waals surface area contributed by atoms with Crippen molar-refractivity contribution in [3.05, 3.63) is 33.1 Å². The molecule has 18 nitrogen and oxygen atoms in total. The molecule has 3 heterocycles. The zero-order valence-corrected chi connectivity index (χ0v) is 20.5. The van der Waals surface area contributed by atoms with E-state index < -0.39 is 94.5 Å². The first-order chi connectivity index (χ1) is 16.7. The van der Waals surface area contributed by atoms with Crippen molar-refractivity contribution in [3.63, 3.8) is 0 Å². The molecule has 3 rings (SSSR count). The second kappa shape index (κ2) is 11.4. The molecule has 2 aliphatic heterocycles. The van der Waals surface area contributed by atoms with Gasteiger partial charge in [0.15, 0.2) is 12.5 Å². The van der Waals surface area contributed by atoms with Gasteiger partial charge in [-0.3, -0.25) is 23.4 Å². The number of ether oxygens (including phenoxy) is 2. The van der Waals surface area contributed by atoms with Crippen LogP contribution in [0.3, 0.4) is 0 Å². The molecule has 8 N–H and O–H groups in total. The Hall–Kier alpha value is -0.990. The molecule has 0 aromatic carbocycles. The van der Waals surface area contributed by atoms with Gasteiger partial charge in [-0.2, -0.15) is 16.9 Å². The number of hydrogen-bond donors (Lipinski definition) is 9. The number of aliphatic hydroxyl groups is 5. The van der Waals surface area contributed by atoms with E-state index >= 15 is 0 Å². The summed E-state index contributed by atoms with van der Waals surface area (Å²) in [6, 6.07) is 0.939. The first-order valence-electron chi connectivity index (χ1n) is 9.99. The number of phosphoric acid groups is 2. The van der Waals surface area contributed by atoms with Crippen molar-refractivity contribution >= 4 is 28.3 Å². The number of aromatic amines is 1. The van der Waals surface area contributed by atoms with Crippen LogP contribution in [0, 0.1) is 0 Å². The Morgan fingerprint density at radius 2 is 1.67 bits per heavy atom. The first-order valence-corrected chi connectivity index (χ1v) is 13.5. The van der Waals surface area contributed by atoms with E-state index in [4.69, 9.17) is 9.47 Å². The predicted molar refractivity (Wildman–Crippen MR) is 116 cm³/mol. The second-order valence-electron chi connectivity index (χ2n) is 7.68. The molecule has 1 aromatic heterocycles. The van der Waals surface area contributed by atoms with Crippen LogP contribution < -0.4 is 11.2 Å². The third kappa shape index (κ3) is 6.71. The summed E-state index contributed by atoms with van der Waals surface area (Å²) in [5, 5.41) is 48.0. The highest BCUT2D eigenvalue weighted by atomic mass is 32.1. The van der Waals surface area contributed by atoms with E-state index in [1.165, 1.54) is 0 Å². The number of aliphatic hydroxyl groups excluding tert-OH is 5. The normalized spacial score (nSPS) is 38.4. The van der Waals surface area contributed by atoms with Crippen molar-refractivity contribution in [2.75, 3.05) is 13.2 Å². The minimum absolute atomic E-state index is 0.737. The fraction of sp³-hybridized carbons (Fsp3) is 0.733. The minimum atomic E-state index is -5.52. The van der Waals surface area contributed by atoms with Gasteiger partial charge in [0, 0.05) is 12.3 Å². The molecule has 2 aliphatic rings. The maximum absolute atomic E-state index is 12.2. The Kier molecular flexibility index (Phi) is 9.36. The third-order valence-electron chi connectivity index (χ3n) is 5.16. The molecule has 0 aliphatic carbocycles. The Balaban J connectivity index is 1.61. The zero-order valence-electron chi connectivity index (χ0n) is 17.9. The molecule has 0 bridgehead atoms. The number of thiol groups is 1. The van der Waals surface area contributed by atoms with Gasteiger partial charge >= 0.3 is 21.3 Å². The topological polar surface area (TPSA) is 277 Å². The number of hydrogen-bond acceptors (Lipinski definition) is 15. The van der Waals surface area contributed by atoms with E-state index in [2.05, 4.69) is 26.0 Å². The number of rotatable bonds is 9. The standard InChI is InChI=1S/C15H24N2O16P2S/c18-3-5-9(21)12(36)11(23)14(31-5)32-35(27,28)33-34(25,26)29-4-6-8(20)10(22)13(30-6)17-2-1-7(19)16-15(17)24/h1-2,5-6,8-14,18,20-23,36H,3-4H2,(H,25,26)(H,27,28)(H,16,19,24)/t5?,6-,8+,9-,10?,11?,12+,13-,14-/m1/s1. The SMILES string of the molecule is O=c1ccn([C@@H]2O[C@H](COP(=O)(O)OP(=O)(O)O[C@H]3OC(CO)[C@@H](O)[C@H](S)C3O)[C@H](O)C2O)c(=O)[nH]1. The van der Waals surface area contributed by atoms with Crippen LogP contribution in [0.5, 0.6) is 0 Å². The molecule has 0 amide bonds. The maximum atomic E-state index is 12.2. The summed E-state index contributed by atoms with van der Waals surface area (Å²) in [5.74, 6) is 0. The summed E-state index contributed by atoms with van der Waals surface area (Å²) in [4.78, 5) is 44.6. The number of aromatic nitrogens is 2. The smallest absolute Gasteiger partial charge is 0.394 e. The monoisotopic (exact) mass is 582 g/mol. The molecule has 2 fully saturated rings. The summed E-state index contributed by atoms with van der Waals surface area (Å²) in [6.45, 7) is -1.79. The lowest BCUT2D eigenvalue weighted by Gasteiger charge is -2.40. The minimum Gasteiger partial charge on any atom is -0.394 e. The van der Waals surface area contributed by atoms with E-state index in [1.54, 1.807) is 0 Å². The third-order valence-corrected chi connectivity index (χ3v) is 8.37. The molecular formula is C15H24N2O16P2S. The largest absolute Gasteiger partial charge is 0.483 e. The van der Waals surface area contributed by atoms with E-state index in [-0.39, 0.29) is 0 Å². The lowest BCUT2D eigenvalue weighted by molar-refractivity contribution is -0.241. The van der Waals surface area contributed by atoms with Gasteiger partial charge in [-0.05, 0) is 0 Å². The summed E-state index contributed by atoms with van der Waals surface area (Å²) in [6.07, 6.45) is -12.3. The van der Waals surface area contributed by atoms with Gasteiger partial charge in [0.1, 0.15) is 30.5 Å². The van der Waals surface area contributed by atoms with Crippen LogP contribution in [0.15, 0.2) is 21.9 Å². The zero-order chi connectivity index (χ0) is 27.0. The van der Waals surface area contributed by atoms with Crippen LogP contribution in [-0.4, -0.2) is 106 Å². The van der Waals surface area contributed by atoms with Crippen LogP contribution in [0.1, 0.15) is 6.23 Å². The Morgan fingerprint density at radius 1 is 1.00 bits per heavy atom. The van der Waals surface area contributed by atoms with Crippen LogP contribution in [0.25, 0.3) is 0 Å². The number of H-pyrrole nitrogens is 1. The van der Waals surface area contributed by atoms with Crippen LogP contribution in [0.4, 0.5) is 0 Å². The molecule has 206 valence electrons. The molecular weight excluding hydrogens is 558 g/mol. The van der Waals surface area contributed by atoms with Crippen molar-refractivity contribution < 1.29 is 67.3 Å². The van der Waals surface area contributed by atoms with Crippen molar-refractivity contribution in [2.24, 2.45) is 0 Å². The lowest BCUT2D eigenvalue weighted by atomic mass is 10.0. The van der Waals surface area contributed by atoms with E-state index in [0.717, 1.165) is 16.8 Å². The average Bonchev–Trinajstić information content (AvgIpc) is 3.06. The maximum Gasteiger partial charge on any atom is 0.483 e. The van der Waals surface area contributed by atoms with Gasteiger partial charge < -0.3 is 44.8 Å². The predicted octanol–water partition coefficient (Wildman–Crippen LogP) is -3.86. The molecule has 0 saturated carbocycles. The number of phosphoric ester groups is 2. The number of nitrogens with one attached hydrogen (secondary N) is 1. The van der Waals surface area contributed by atoms with E-state index in [1.807, 2.05) is 4.98 Å². The quantitative estimate of drug-likeness (QED) is 0.0995. The Bertz CT molecular complexity index is 1130. The molecule has 36 heavy (non-hydrogen) atoms. The Labute approximate surface area is 206 Å². The van der Waals surface area contributed by atoms with Crippen molar-refractivity contribution in [1.82, 2.24) is 9.55 Å². The van der Waals surface area contributed by atoms with Crippen LogP contribution in [-0.2, 0) is 32.0 Å². The molecule has 11 atom stereocenters. The van der Waals surface area contributed by atoms with E-state index in [0.29, 0.717) is 0 Å². The highest BCUT2D eigenvalue weighted by Gasteiger charge is 2.49. The van der Waals surface area contributed by atoms with Gasteiger partial charge in [0.05, 0.1) is 24.6 Å². The van der Waals surface area contributed by atoms with Crippen LogP contribution in [0.2, 0.25) is 0 Å². The lowest BCUT2D eigenvalue weighted by Crippen LogP contribution is -2.56. The molecule has 5 unspecified atom stereocenters. The fourth-order valence-corrected chi connectivity index (χ4v) is 5.84. The van der Waals surface area contributed by atoms with Crippen molar-refractivity contribution in [2.45, 2.75) is 54.4 Å². The summed E-state index contributed by atoms with van der Waals surface area (Å²) in [7, 11) is -11.0. The molecule has 21 heteroatoms. The van der Waals surface area contributed by atoms with Gasteiger partial charge in [-0.25, -0.2) is 13.9 Å². The van der Waals surface area contributed by atoms with Crippen molar-refractivity contribution in [3.8, 4) is 0 Å². The Morgan fingerprint density at radius 3 is 2.28 bits per heavy atom. The van der Waals surface area contributed by atoms with E-state index in [9.17, 15) is 54.0 Å². The molecule has 0 radical (unpaired) electrons. The summed E-state index contributed by atoms with van der Waals surface area (Å²) >= 11 is 3.89. The number of nitrogens with zero attached hydrogens (tertiary/aromatic N) is 1. The highest BCUT2D eigenvalue weighted by molar-refractivity contribution is 7.81. The highest BCUT2D eigenvalue weighted by Crippen LogP contribution is 2.61. The average molecular weight is 582 g/mol. The summed E-state index contributed by atoms with van der Waals surface area (Å²) in [5.41, 5.74) is -1.72. The fourth-order valence-electron chi connectivity index (χ4n) is 3.35.